The van der Waals surface area contributed by atoms with Crippen LogP contribution in [-0.2, 0) is 4.74 Å². The molecule has 0 spiro atoms. The van der Waals surface area contributed by atoms with Crippen LogP contribution in [0.15, 0.2) is 67.1 Å². The summed E-state index contributed by atoms with van der Waals surface area (Å²) >= 11 is 0. The molecule has 1 N–H and O–H groups in total. The van der Waals surface area contributed by atoms with Gasteiger partial charge in [0.15, 0.2) is 5.65 Å². The Morgan fingerprint density at radius 2 is 1.93 bits per heavy atom. The number of aromatic amines is 1. The van der Waals surface area contributed by atoms with Crippen LogP contribution < -0.4 is 4.74 Å². The van der Waals surface area contributed by atoms with Gasteiger partial charge in [0, 0.05) is 11.8 Å². The number of fused-ring (bicyclic) bond motifs is 1. The highest BCUT2D eigenvalue weighted by molar-refractivity contribution is 5.80. The maximum Gasteiger partial charge on any atom is 0.178 e. The van der Waals surface area contributed by atoms with E-state index < -0.39 is 0 Å². The van der Waals surface area contributed by atoms with Gasteiger partial charge in [-0.05, 0) is 42.3 Å². The first-order valence-corrected chi connectivity index (χ1v) is 9.19. The summed E-state index contributed by atoms with van der Waals surface area (Å²) in [5.41, 5.74) is 4.61. The van der Waals surface area contributed by atoms with Crippen LogP contribution >= 0.6 is 0 Å². The van der Waals surface area contributed by atoms with Crippen molar-refractivity contribution in [3.05, 3.63) is 72.9 Å². The van der Waals surface area contributed by atoms with Gasteiger partial charge >= 0.3 is 0 Å². The quantitative estimate of drug-likeness (QED) is 0.437. The summed E-state index contributed by atoms with van der Waals surface area (Å²) in [6.45, 7) is 9.73. The van der Waals surface area contributed by atoms with Crippen LogP contribution in [0.4, 0.5) is 0 Å². The summed E-state index contributed by atoms with van der Waals surface area (Å²) in [5, 5.41) is 0. The Bertz CT molecular complexity index is 1000. The third kappa shape index (κ3) is 5.10. The molecule has 5 nitrogen and oxygen atoms in total. The van der Waals surface area contributed by atoms with Crippen molar-refractivity contribution in [2.75, 3.05) is 14.2 Å². The van der Waals surface area contributed by atoms with E-state index in [0.717, 1.165) is 33.8 Å². The molecule has 1 aromatic carbocycles. The Morgan fingerprint density at radius 3 is 2.64 bits per heavy atom. The van der Waals surface area contributed by atoms with Crippen molar-refractivity contribution < 1.29 is 9.47 Å². The zero-order chi connectivity index (χ0) is 20.5. The number of hydrogen-bond donors (Lipinski definition) is 1. The first-order chi connectivity index (χ1) is 13.6. The van der Waals surface area contributed by atoms with Crippen LogP contribution in [0.1, 0.15) is 26.6 Å². The van der Waals surface area contributed by atoms with Gasteiger partial charge in [0.2, 0.25) is 0 Å². The first kappa shape index (κ1) is 21.0. The van der Waals surface area contributed by atoms with Crippen molar-refractivity contribution in [2.45, 2.75) is 20.8 Å². The van der Waals surface area contributed by atoms with Gasteiger partial charge in [-0.1, -0.05) is 44.7 Å². The SMILES string of the molecule is C=C(/C=C\C=C(/C)c1nc2ncc(-c3cccc(OC)c3)cc2[nH]1)OC.CC. The number of ether oxygens (including phenoxy) is 2. The molecule has 0 amide bonds. The van der Waals surface area contributed by atoms with Crippen molar-refractivity contribution in [3.8, 4) is 16.9 Å². The molecule has 0 unspecified atom stereocenters. The van der Waals surface area contributed by atoms with Crippen molar-refractivity contribution in [1.29, 1.82) is 0 Å². The summed E-state index contributed by atoms with van der Waals surface area (Å²) < 4.78 is 10.3. The summed E-state index contributed by atoms with van der Waals surface area (Å²) in [5.74, 6) is 2.20. The lowest BCUT2D eigenvalue weighted by Crippen LogP contribution is -1.85. The van der Waals surface area contributed by atoms with Crippen LogP contribution in [0.3, 0.4) is 0 Å². The third-order valence-corrected chi connectivity index (χ3v) is 4.00. The van der Waals surface area contributed by atoms with Crippen molar-refractivity contribution in [2.24, 2.45) is 0 Å². The van der Waals surface area contributed by atoms with E-state index >= 15 is 0 Å². The molecule has 0 saturated carbocycles. The number of aromatic nitrogens is 3. The Balaban J connectivity index is 0.00000136. The molecule has 2 aromatic heterocycles. The molecule has 0 bridgehead atoms. The zero-order valence-corrected chi connectivity index (χ0v) is 17.1. The molecule has 0 radical (unpaired) electrons. The summed E-state index contributed by atoms with van der Waals surface area (Å²) in [7, 11) is 3.25. The molecule has 0 saturated heterocycles. The second-order valence-corrected chi connectivity index (χ2v) is 5.79. The van der Waals surface area contributed by atoms with Gasteiger partial charge in [0.25, 0.3) is 0 Å². The molecule has 146 valence electrons. The Morgan fingerprint density at radius 1 is 1.14 bits per heavy atom. The highest BCUT2D eigenvalue weighted by Crippen LogP contribution is 2.26. The normalized spacial score (nSPS) is 11.2. The van der Waals surface area contributed by atoms with Crippen molar-refractivity contribution in [1.82, 2.24) is 15.0 Å². The monoisotopic (exact) mass is 377 g/mol. The van der Waals surface area contributed by atoms with Gasteiger partial charge in [-0.25, -0.2) is 9.97 Å². The zero-order valence-electron chi connectivity index (χ0n) is 17.1. The van der Waals surface area contributed by atoms with E-state index in [1.165, 1.54) is 0 Å². The molecule has 28 heavy (non-hydrogen) atoms. The van der Waals surface area contributed by atoms with E-state index in [4.69, 9.17) is 9.47 Å². The standard InChI is InChI=1S/C21H21N3O2.C2H6/c1-14(7-5-8-15(2)25-3)20-23-19-12-17(13-22-21(19)24-20)16-9-6-10-18(11-16)26-4;1-2/h5-13H,2H2,1,3-4H3,(H,22,23,24);1-2H3/b8-5-,14-7+;. The Hall–Kier alpha value is -3.34. The average Bonchev–Trinajstić information content (AvgIpc) is 3.18. The van der Waals surface area contributed by atoms with E-state index in [-0.39, 0.29) is 0 Å². The number of hydrogen-bond acceptors (Lipinski definition) is 4. The number of nitrogens with one attached hydrogen (secondary N) is 1. The lowest BCUT2D eigenvalue weighted by Gasteiger charge is -2.04. The predicted octanol–water partition coefficient (Wildman–Crippen LogP) is 5.78. The number of benzene rings is 1. The number of pyridine rings is 1. The van der Waals surface area contributed by atoms with Gasteiger partial charge in [-0.3, -0.25) is 0 Å². The molecular weight excluding hydrogens is 350 g/mol. The van der Waals surface area contributed by atoms with Gasteiger partial charge in [0.05, 0.1) is 19.7 Å². The van der Waals surface area contributed by atoms with E-state index in [2.05, 4.69) is 21.5 Å². The largest absolute Gasteiger partial charge is 0.497 e. The van der Waals surface area contributed by atoms with Crippen LogP contribution in [0.2, 0.25) is 0 Å². The van der Waals surface area contributed by atoms with Gasteiger partial charge < -0.3 is 14.5 Å². The number of rotatable bonds is 6. The summed E-state index contributed by atoms with van der Waals surface area (Å²) in [4.78, 5) is 12.4. The van der Waals surface area contributed by atoms with E-state index in [1.807, 2.05) is 69.5 Å². The maximum atomic E-state index is 5.29. The van der Waals surface area contributed by atoms with E-state index in [9.17, 15) is 0 Å². The summed E-state index contributed by atoms with van der Waals surface area (Å²) in [6, 6.07) is 9.94. The van der Waals surface area contributed by atoms with Crippen molar-refractivity contribution >= 4 is 16.7 Å². The molecule has 3 rings (SSSR count). The van der Waals surface area contributed by atoms with Crippen molar-refractivity contribution in [3.63, 3.8) is 0 Å². The highest BCUT2D eigenvalue weighted by atomic mass is 16.5. The van der Waals surface area contributed by atoms with Crippen LogP contribution in [0, 0.1) is 0 Å². The van der Waals surface area contributed by atoms with Crippen LogP contribution in [-0.4, -0.2) is 29.2 Å². The number of nitrogens with zero attached hydrogens (tertiary/aromatic N) is 2. The third-order valence-electron chi connectivity index (χ3n) is 4.00. The predicted molar refractivity (Wildman–Crippen MR) is 116 cm³/mol. The van der Waals surface area contributed by atoms with Crippen LogP contribution in [0.25, 0.3) is 27.9 Å². The lowest BCUT2D eigenvalue weighted by molar-refractivity contribution is 0.309. The molecule has 2 heterocycles. The highest BCUT2D eigenvalue weighted by Gasteiger charge is 2.08. The fourth-order valence-electron chi connectivity index (χ4n) is 2.49. The average molecular weight is 377 g/mol. The maximum absolute atomic E-state index is 5.29. The lowest BCUT2D eigenvalue weighted by atomic mass is 10.1. The Labute approximate surface area is 166 Å². The Kier molecular flexibility index (Phi) is 7.57. The van der Waals surface area contributed by atoms with Gasteiger partial charge in [-0.2, -0.15) is 0 Å². The molecule has 0 aliphatic heterocycles. The van der Waals surface area contributed by atoms with Gasteiger partial charge in [-0.15, -0.1) is 0 Å². The van der Waals surface area contributed by atoms with E-state index in [1.54, 1.807) is 20.3 Å². The molecule has 0 fully saturated rings. The fourth-order valence-corrected chi connectivity index (χ4v) is 2.49. The van der Waals surface area contributed by atoms with Gasteiger partial charge in [0.1, 0.15) is 17.3 Å². The smallest absolute Gasteiger partial charge is 0.178 e. The second-order valence-electron chi connectivity index (χ2n) is 5.79. The number of methoxy groups -OCH3 is 2. The molecule has 0 atom stereocenters. The molecule has 0 aliphatic carbocycles. The minimum atomic E-state index is 0.600. The summed E-state index contributed by atoms with van der Waals surface area (Å²) in [6.07, 6.45) is 7.45. The molecule has 5 heteroatoms. The fraction of sp³-hybridized carbons (Fsp3) is 0.217. The molecule has 0 aliphatic rings. The molecular formula is C23H27N3O2. The topological polar surface area (TPSA) is 60.0 Å². The van der Waals surface area contributed by atoms with Crippen LogP contribution in [0.5, 0.6) is 5.75 Å². The minimum Gasteiger partial charge on any atom is -0.497 e. The number of allylic oxidation sites excluding steroid dienone is 4. The van der Waals surface area contributed by atoms with E-state index in [0.29, 0.717) is 11.4 Å². The first-order valence-electron chi connectivity index (χ1n) is 9.19. The number of imidazole rings is 1. The minimum absolute atomic E-state index is 0.600. The molecule has 3 aromatic rings. The second kappa shape index (κ2) is 10.1. The number of H-pyrrole nitrogens is 1.